The normalized spacial score (nSPS) is 24.4. The second-order valence-corrected chi connectivity index (χ2v) is 7.74. The Labute approximate surface area is 134 Å². The van der Waals surface area contributed by atoms with Gasteiger partial charge < -0.3 is 4.74 Å². The van der Waals surface area contributed by atoms with E-state index in [-0.39, 0.29) is 16.9 Å². The van der Waals surface area contributed by atoms with Gasteiger partial charge in [-0.15, -0.1) is 0 Å². The number of halogens is 1. The summed E-state index contributed by atoms with van der Waals surface area (Å²) in [5, 5.41) is 0.397. The van der Waals surface area contributed by atoms with Crippen molar-refractivity contribution < 1.29 is 17.9 Å². The number of sulfonamides is 1. The Morgan fingerprint density at radius 3 is 2.50 bits per heavy atom. The molecule has 2 saturated heterocycles. The van der Waals surface area contributed by atoms with Crippen molar-refractivity contribution in [2.45, 2.75) is 17.4 Å². The van der Waals surface area contributed by atoms with Crippen LogP contribution in [-0.4, -0.2) is 62.4 Å². The van der Waals surface area contributed by atoms with E-state index < -0.39 is 10.0 Å². The minimum Gasteiger partial charge on any atom is -0.464 e. The maximum absolute atomic E-state index is 12.6. The van der Waals surface area contributed by atoms with E-state index in [2.05, 4.69) is 0 Å². The third-order valence-electron chi connectivity index (χ3n) is 4.06. The molecule has 2 heterocycles. The number of hydrogen-bond acceptors (Lipinski definition) is 5. The van der Waals surface area contributed by atoms with Crippen LogP contribution in [0.3, 0.4) is 0 Å². The Hall–Kier alpha value is -1.15. The molecule has 120 valence electrons. The predicted octanol–water partition coefficient (Wildman–Crippen LogP) is 0.962. The number of carbonyl (C=O) groups excluding carboxylic acids is 1. The van der Waals surface area contributed by atoms with Gasteiger partial charge in [-0.1, -0.05) is 17.7 Å². The molecule has 1 atom stereocenters. The van der Waals surface area contributed by atoms with Gasteiger partial charge in [-0.3, -0.25) is 9.69 Å². The lowest BCUT2D eigenvalue weighted by atomic mass is 10.2. The third kappa shape index (κ3) is 2.99. The molecule has 0 radical (unpaired) electrons. The minimum atomic E-state index is -3.54. The van der Waals surface area contributed by atoms with Crippen LogP contribution in [0, 0.1) is 0 Å². The van der Waals surface area contributed by atoms with Crippen LogP contribution in [0.5, 0.6) is 0 Å². The van der Waals surface area contributed by atoms with E-state index >= 15 is 0 Å². The molecular weight excluding hydrogens is 328 g/mol. The van der Waals surface area contributed by atoms with E-state index in [0.717, 1.165) is 0 Å². The van der Waals surface area contributed by atoms with Crippen LogP contribution in [0.25, 0.3) is 0 Å². The van der Waals surface area contributed by atoms with Crippen molar-refractivity contribution in [1.29, 1.82) is 0 Å². The zero-order chi connectivity index (χ0) is 15.7. The van der Waals surface area contributed by atoms with Gasteiger partial charge in [0.05, 0.1) is 11.5 Å². The predicted molar refractivity (Wildman–Crippen MR) is 81.1 cm³/mol. The lowest BCUT2D eigenvalue weighted by Gasteiger charge is -2.35. The summed E-state index contributed by atoms with van der Waals surface area (Å²) in [6.45, 7) is 2.22. The highest BCUT2D eigenvalue weighted by atomic mass is 35.5. The summed E-state index contributed by atoms with van der Waals surface area (Å²) < 4.78 is 31.6. The van der Waals surface area contributed by atoms with Crippen LogP contribution in [0.2, 0.25) is 5.02 Å². The van der Waals surface area contributed by atoms with E-state index in [0.29, 0.717) is 44.2 Å². The lowest BCUT2D eigenvalue weighted by molar-refractivity contribution is -0.142. The van der Waals surface area contributed by atoms with Gasteiger partial charge in [-0.25, -0.2) is 8.42 Å². The van der Waals surface area contributed by atoms with Gasteiger partial charge in [-0.05, 0) is 18.2 Å². The summed E-state index contributed by atoms with van der Waals surface area (Å²) in [5.41, 5.74) is 0. The molecule has 0 amide bonds. The van der Waals surface area contributed by atoms with Gasteiger partial charge in [0.2, 0.25) is 10.0 Å². The van der Waals surface area contributed by atoms with E-state index in [9.17, 15) is 13.2 Å². The number of benzene rings is 1. The van der Waals surface area contributed by atoms with Gasteiger partial charge >= 0.3 is 5.97 Å². The highest BCUT2D eigenvalue weighted by molar-refractivity contribution is 7.89. The maximum atomic E-state index is 12.6. The van der Waals surface area contributed by atoms with Crippen molar-refractivity contribution in [1.82, 2.24) is 9.21 Å². The Morgan fingerprint density at radius 1 is 1.18 bits per heavy atom. The standard InChI is InChI=1S/C14H17ClN2O4S/c15-11-2-1-3-12(10-11)22(19,20)17-7-5-16(6-8-17)13-4-9-21-14(13)18/h1-3,10,13H,4-9H2/t13-/m0/s1. The number of cyclic esters (lactones) is 1. The van der Waals surface area contributed by atoms with Gasteiger partial charge in [0.15, 0.2) is 0 Å². The van der Waals surface area contributed by atoms with Crippen molar-refractivity contribution in [2.75, 3.05) is 32.8 Å². The summed E-state index contributed by atoms with van der Waals surface area (Å²) in [7, 11) is -3.54. The molecule has 0 aromatic heterocycles. The first kappa shape index (κ1) is 15.7. The molecule has 0 aliphatic carbocycles. The Kier molecular flexibility index (Phi) is 4.40. The molecule has 8 heteroatoms. The Morgan fingerprint density at radius 2 is 1.91 bits per heavy atom. The summed E-state index contributed by atoms with van der Waals surface area (Å²) in [6.07, 6.45) is 0.680. The second kappa shape index (κ2) is 6.16. The average molecular weight is 345 g/mol. The van der Waals surface area contributed by atoms with E-state index in [1.807, 2.05) is 4.90 Å². The smallest absolute Gasteiger partial charge is 0.323 e. The van der Waals surface area contributed by atoms with Crippen molar-refractivity contribution in [3.63, 3.8) is 0 Å². The number of piperazine rings is 1. The molecule has 3 rings (SSSR count). The molecular formula is C14H17ClN2O4S. The monoisotopic (exact) mass is 344 g/mol. The van der Waals surface area contributed by atoms with Crippen molar-refractivity contribution in [3.8, 4) is 0 Å². The molecule has 1 aromatic carbocycles. The Balaban J connectivity index is 1.69. The first-order valence-corrected chi connectivity index (χ1v) is 8.97. The van der Waals surface area contributed by atoms with E-state index in [1.165, 1.54) is 10.4 Å². The highest BCUT2D eigenvalue weighted by Crippen LogP contribution is 2.22. The molecule has 0 bridgehead atoms. The van der Waals surface area contributed by atoms with Crippen molar-refractivity contribution >= 4 is 27.6 Å². The molecule has 0 spiro atoms. The second-order valence-electron chi connectivity index (χ2n) is 5.37. The average Bonchev–Trinajstić information content (AvgIpc) is 2.93. The van der Waals surface area contributed by atoms with Gasteiger partial charge in [0, 0.05) is 37.6 Å². The molecule has 2 fully saturated rings. The van der Waals surface area contributed by atoms with Crippen molar-refractivity contribution in [2.24, 2.45) is 0 Å². The zero-order valence-corrected chi connectivity index (χ0v) is 13.5. The summed E-state index contributed by atoms with van der Waals surface area (Å²) in [4.78, 5) is 13.8. The number of rotatable bonds is 3. The topological polar surface area (TPSA) is 66.9 Å². The fraction of sp³-hybridized carbons (Fsp3) is 0.500. The number of esters is 1. The molecule has 1 aromatic rings. The van der Waals surface area contributed by atoms with Crippen LogP contribution in [-0.2, 0) is 19.6 Å². The van der Waals surface area contributed by atoms with Crippen LogP contribution in [0.4, 0.5) is 0 Å². The number of hydrogen-bond donors (Lipinski definition) is 0. The quantitative estimate of drug-likeness (QED) is 0.764. The number of nitrogens with zero attached hydrogens (tertiary/aromatic N) is 2. The maximum Gasteiger partial charge on any atom is 0.323 e. The summed E-state index contributed by atoms with van der Waals surface area (Å²) >= 11 is 5.87. The molecule has 22 heavy (non-hydrogen) atoms. The third-order valence-corrected chi connectivity index (χ3v) is 6.19. The molecule has 6 nitrogen and oxygen atoms in total. The van der Waals surface area contributed by atoms with Crippen LogP contribution < -0.4 is 0 Å². The fourth-order valence-corrected chi connectivity index (χ4v) is 4.57. The number of ether oxygens (including phenoxy) is 1. The van der Waals surface area contributed by atoms with Gasteiger partial charge in [-0.2, -0.15) is 4.31 Å². The Bertz CT molecular complexity index is 671. The van der Waals surface area contributed by atoms with E-state index in [4.69, 9.17) is 16.3 Å². The van der Waals surface area contributed by atoms with Gasteiger partial charge in [0.1, 0.15) is 6.04 Å². The summed E-state index contributed by atoms with van der Waals surface area (Å²) in [6, 6.07) is 6.04. The van der Waals surface area contributed by atoms with Crippen LogP contribution in [0.15, 0.2) is 29.2 Å². The molecule has 2 aliphatic heterocycles. The van der Waals surface area contributed by atoms with Crippen LogP contribution >= 0.6 is 11.6 Å². The first-order valence-electron chi connectivity index (χ1n) is 7.15. The fourth-order valence-electron chi connectivity index (χ4n) is 2.85. The van der Waals surface area contributed by atoms with E-state index in [1.54, 1.807) is 18.2 Å². The first-order chi connectivity index (χ1) is 10.5. The summed E-state index contributed by atoms with van der Waals surface area (Å²) in [5.74, 6) is -0.203. The molecule has 2 aliphatic rings. The highest BCUT2D eigenvalue weighted by Gasteiger charge is 2.36. The molecule has 0 unspecified atom stereocenters. The van der Waals surface area contributed by atoms with Crippen LogP contribution in [0.1, 0.15) is 6.42 Å². The largest absolute Gasteiger partial charge is 0.464 e. The minimum absolute atomic E-state index is 0.203. The molecule has 0 saturated carbocycles. The zero-order valence-electron chi connectivity index (χ0n) is 11.9. The SMILES string of the molecule is O=C1OCC[C@@H]1N1CCN(S(=O)(=O)c2cccc(Cl)c2)CC1. The van der Waals surface area contributed by atoms with Crippen molar-refractivity contribution in [3.05, 3.63) is 29.3 Å². The molecule has 0 N–H and O–H groups in total. The van der Waals surface area contributed by atoms with Gasteiger partial charge in [0.25, 0.3) is 0 Å². The lowest BCUT2D eigenvalue weighted by Crippen LogP contribution is -2.52. The number of carbonyl (C=O) groups is 1.